The van der Waals surface area contributed by atoms with Crippen LogP contribution in [-0.2, 0) is 9.53 Å². The van der Waals surface area contributed by atoms with Crippen LogP contribution in [0.15, 0.2) is 0 Å². The van der Waals surface area contributed by atoms with Gasteiger partial charge in [0.25, 0.3) is 0 Å². The molecule has 15 heavy (non-hydrogen) atoms. The Balaban J connectivity index is 2.70. The van der Waals surface area contributed by atoms with Crippen LogP contribution in [0.4, 0.5) is 0 Å². The third-order valence-corrected chi connectivity index (χ3v) is 2.66. The lowest BCUT2D eigenvalue weighted by Gasteiger charge is -2.41. The lowest BCUT2D eigenvalue weighted by molar-refractivity contribution is -0.238. The fourth-order valence-electron chi connectivity index (χ4n) is 1.74. The summed E-state index contributed by atoms with van der Waals surface area (Å²) < 4.78 is 4.97. The summed E-state index contributed by atoms with van der Waals surface area (Å²) in [6.45, 7) is 2.64. The zero-order valence-electron chi connectivity index (χ0n) is 8.75. The second-order valence-corrected chi connectivity index (χ2v) is 3.82. The van der Waals surface area contributed by atoms with Crippen molar-refractivity contribution >= 4 is 5.91 Å². The Morgan fingerprint density at radius 3 is 2.53 bits per heavy atom. The predicted octanol–water partition coefficient (Wildman–Crippen LogP) is -1.80. The van der Waals surface area contributed by atoms with Gasteiger partial charge >= 0.3 is 0 Å². The van der Waals surface area contributed by atoms with E-state index in [0.29, 0.717) is 0 Å². The molecule has 1 saturated heterocycles. The molecule has 0 aromatic heterocycles. The smallest absolute Gasteiger partial charge is 0.217 e. The second kappa shape index (κ2) is 4.89. The third kappa shape index (κ3) is 2.66. The van der Waals surface area contributed by atoms with E-state index < -0.39 is 24.5 Å². The van der Waals surface area contributed by atoms with Crippen molar-refractivity contribution in [2.45, 2.75) is 38.4 Å². The van der Waals surface area contributed by atoms with Crippen LogP contribution in [0.2, 0.25) is 0 Å². The van der Waals surface area contributed by atoms with Gasteiger partial charge in [-0.1, -0.05) is 6.92 Å². The Morgan fingerprint density at radius 1 is 1.47 bits per heavy atom. The maximum atomic E-state index is 10.9. The van der Waals surface area contributed by atoms with E-state index in [1.54, 1.807) is 6.92 Å². The molecular formula is C9H17NO5. The summed E-state index contributed by atoms with van der Waals surface area (Å²) in [6, 6.07) is -0.653. The number of nitrogens with one attached hydrogen (secondary N) is 1. The van der Waals surface area contributed by atoms with E-state index in [-0.39, 0.29) is 18.4 Å². The van der Waals surface area contributed by atoms with Crippen molar-refractivity contribution < 1.29 is 24.9 Å². The van der Waals surface area contributed by atoms with Crippen LogP contribution in [0.3, 0.4) is 0 Å². The lowest BCUT2D eigenvalue weighted by atomic mass is 9.89. The Bertz CT molecular complexity index is 235. The van der Waals surface area contributed by atoms with Crippen molar-refractivity contribution in [3.63, 3.8) is 0 Å². The lowest BCUT2D eigenvalue weighted by Crippen LogP contribution is -2.60. The molecular weight excluding hydrogens is 202 g/mol. The largest absolute Gasteiger partial charge is 0.394 e. The topological polar surface area (TPSA) is 99.0 Å². The van der Waals surface area contributed by atoms with Gasteiger partial charge in [0.2, 0.25) is 5.91 Å². The summed E-state index contributed by atoms with van der Waals surface area (Å²) in [5, 5.41) is 30.6. The molecule has 6 nitrogen and oxygen atoms in total. The maximum Gasteiger partial charge on any atom is 0.217 e. The molecule has 0 aromatic rings. The molecule has 1 heterocycles. The highest BCUT2D eigenvalue weighted by atomic mass is 16.6. The molecule has 0 aromatic carbocycles. The van der Waals surface area contributed by atoms with Gasteiger partial charge in [0.15, 0.2) is 6.29 Å². The van der Waals surface area contributed by atoms with Gasteiger partial charge in [-0.25, -0.2) is 0 Å². The first-order chi connectivity index (χ1) is 6.97. The SMILES string of the molecule is CC(=O)N[C@@H]1C(O)O[C@H](CO)[C@@H](O)[C@@H]1C. The number of carbonyl (C=O) groups excluding carboxylic acids is 1. The molecule has 6 heteroatoms. The quantitative estimate of drug-likeness (QED) is 0.439. The summed E-state index contributed by atoms with van der Waals surface area (Å²) in [7, 11) is 0. The van der Waals surface area contributed by atoms with E-state index in [1.165, 1.54) is 6.92 Å². The number of ether oxygens (including phenoxy) is 1. The number of aliphatic hydroxyl groups excluding tert-OH is 3. The van der Waals surface area contributed by atoms with Crippen molar-refractivity contribution in [3.8, 4) is 0 Å². The monoisotopic (exact) mass is 219 g/mol. The highest BCUT2D eigenvalue weighted by molar-refractivity contribution is 5.73. The fourth-order valence-corrected chi connectivity index (χ4v) is 1.74. The van der Waals surface area contributed by atoms with Crippen LogP contribution in [0.1, 0.15) is 13.8 Å². The summed E-state index contributed by atoms with van der Waals surface area (Å²) in [4.78, 5) is 10.9. The molecule has 1 amide bonds. The van der Waals surface area contributed by atoms with E-state index in [1.807, 2.05) is 0 Å². The van der Waals surface area contributed by atoms with Crippen molar-refractivity contribution in [1.29, 1.82) is 0 Å². The molecule has 0 bridgehead atoms. The minimum atomic E-state index is -1.20. The van der Waals surface area contributed by atoms with Crippen LogP contribution in [-0.4, -0.2) is 52.4 Å². The zero-order chi connectivity index (χ0) is 11.6. The van der Waals surface area contributed by atoms with Crippen LogP contribution in [0.25, 0.3) is 0 Å². The van der Waals surface area contributed by atoms with Gasteiger partial charge in [0, 0.05) is 12.8 Å². The van der Waals surface area contributed by atoms with Crippen LogP contribution >= 0.6 is 0 Å². The van der Waals surface area contributed by atoms with E-state index in [0.717, 1.165) is 0 Å². The van der Waals surface area contributed by atoms with Gasteiger partial charge in [-0.05, 0) is 0 Å². The third-order valence-electron chi connectivity index (χ3n) is 2.66. The average Bonchev–Trinajstić information content (AvgIpc) is 2.18. The number of rotatable bonds is 2. The fraction of sp³-hybridized carbons (Fsp3) is 0.889. The molecule has 1 aliphatic rings. The van der Waals surface area contributed by atoms with E-state index in [9.17, 15) is 15.0 Å². The minimum absolute atomic E-state index is 0.302. The first kappa shape index (κ1) is 12.4. The predicted molar refractivity (Wildman–Crippen MR) is 50.7 cm³/mol. The van der Waals surface area contributed by atoms with Gasteiger partial charge in [-0.15, -0.1) is 0 Å². The highest BCUT2D eigenvalue weighted by Crippen LogP contribution is 2.24. The molecule has 0 radical (unpaired) electrons. The van der Waals surface area contributed by atoms with Gasteiger partial charge < -0.3 is 25.4 Å². The molecule has 88 valence electrons. The van der Waals surface area contributed by atoms with Crippen LogP contribution in [0, 0.1) is 5.92 Å². The van der Waals surface area contributed by atoms with Gasteiger partial charge in [-0.3, -0.25) is 4.79 Å². The van der Waals surface area contributed by atoms with Crippen LogP contribution in [0.5, 0.6) is 0 Å². The zero-order valence-corrected chi connectivity index (χ0v) is 8.75. The van der Waals surface area contributed by atoms with E-state index in [2.05, 4.69) is 5.32 Å². The Labute approximate surface area is 87.9 Å². The summed E-state index contributed by atoms with van der Waals surface area (Å²) in [5.74, 6) is -0.682. The number of amides is 1. The Kier molecular flexibility index (Phi) is 4.04. The normalized spacial score (nSPS) is 41.3. The number of hydrogen-bond donors (Lipinski definition) is 4. The van der Waals surface area contributed by atoms with Crippen molar-refractivity contribution in [2.75, 3.05) is 6.61 Å². The van der Waals surface area contributed by atoms with E-state index in [4.69, 9.17) is 9.84 Å². The van der Waals surface area contributed by atoms with Gasteiger partial charge in [-0.2, -0.15) is 0 Å². The molecule has 1 unspecified atom stereocenters. The molecule has 4 N–H and O–H groups in total. The first-order valence-corrected chi connectivity index (χ1v) is 4.87. The molecule has 5 atom stereocenters. The summed E-state index contributed by atoms with van der Waals surface area (Å²) >= 11 is 0. The van der Waals surface area contributed by atoms with Gasteiger partial charge in [0.1, 0.15) is 6.10 Å². The minimum Gasteiger partial charge on any atom is -0.394 e. The number of carbonyl (C=O) groups is 1. The maximum absolute atomic E-state index is 10.9. The molecule has 1 rings (SSSR count). The molecule has 0 aliphatic carbocycles. The molecule has 1 fully saturated rings. The van der Waals surface area contributed by atoms with E-state index >= 15 is 0 Å². The van der Waals surface area contributed by atoms with Crippen molar-refractivity contribution in [2.24, 2.45) is 5.92 Å². The van der Waals surface area contributed by atoms with Crippen molar-refractivity contribution in [1.82, 2.24) is 5.32 Å². The Morgan fingerprint density at radius 2 is 2.07 bits per heavy atom. The number of hydrogen-bond acceptors (Lipinski definition) is 5. The summed E-state index contributed by atoms with van der Waals surface area (Å²) in [6.07, 6.45) is -2.92. The van der Waals surface area contributed by atoms with Gasteiger partial charge in [0.05, 0.1) is 18.8 Å². The molecule has 1 aliphatic heterocycles. The number of aliphatic hydroxyl groups is 3. The first-order valence-electron chi connectivity index (χ1n) is 4.87. The second-order valence-electron chi connectivity index (χ2n) is 3.82. The average molecular weight is 219 g/mol. The highest BCUT2D eigenvalue weighted by Gasteiger charge is 2.42. The molecule has 0 saturated carbocycles. The van der Waals surface area contributed by atoms with Crippen molar-refractivity contribution in [3.05, 3.63) is 0 Å². The summed E-state index contributed by atoms with van der Waals surface area (Å²) in [5.41, 5.74) is 0. The van der Waals surface area contributed by atoms with Crippen LogP contribution < -0.4 is 5.32 Å². The standard InChI is InChI=1S/C9H17NO5/c1-4-7(10-5(2)12)9(14)15-6(3-11)8(4)13/h4,6-9,11,13-14H,3H2,1-2H3,(H,10,12)/t4-,6-,7+,8+,9?/m1/s1. The molecule has 0 spiro atoms. The Hall–Kier alpha value is -0.690.